The smallest absolute Gasteiger partial charge is 0.244 e. The Morgan fingerprint density at radius 2 is 1.50 bits per heavy atom. The fourth-order valence-corrected chi connectivity index (χ4v) is 0.589. The number of hydrogen-bond acceptors (Lipinski definition) is 0. The van der Waals surface area contributed by atoms with Crippen molar-refractivity contribution in [3.8, 4) is 0 Å². The van der Waals surface area contributed by atoms with Crippen LogP contribution in [0, 0.1) is 0 Å². The van der Waals surface area contributed by atoms with E-state index in [0.717, 1.165) is 6.92 Å². The molecule has 0 aromatic rings. The van der Waals surface area contributed by atoms with Crippen molar-refractivity contribution in [2.24, 2.45) is 0 Å². The van der Waals surface area contributed by atoms with Gasteiger partial charge < -0.3 is 0 Å². The van der Waals surface area contributed by atoms with Gasteiger partial charge in [0.05, 0.1) is 0 Å². The second kappa shape index (κ2) is 4.00. The molecule has 0 aromatic carbocycles. The molecule has 0 saturated heterocycles. The maximum absolute atomic E-state index is 12.2. The zero-order valence-electron chi connectivity index (χ0n) is 6.21. The van der Waals surface area contributed by atoms with Gasteiger partial charge in [-0.05, 0) is 6.42 Å². The van der Waals surface area contributed by atoms with Crippen molar-refractivity contribution in [3.05, 3.63) is 0 Å². The number of halogens is 6. The SMILES string of the molecule is CCC(F)C(F)[C@H](F)C(F)(F)F. The van der Waals surface area contributed by atoms with Crippen LogP contribution in [0.15, 0.2) is 0 Å². The van der Waals surface area contributed by atoms with Crippen LogP contribution >= 0.6 is 0 Å². The highest BCUT2D eigenvalue weighted by Crippen LogP contribution is 2.29. The van der Waals surface area contributed by atoms with Crippen molar-refractivity contribution in [1.29, 1.82) is 0 Å². The minimum atomic E-state index is -5.32. The quantitative estimate of drug-likeness (QED) is 0.606. The highest BCUT2D eigenvalue weighted by atomic mass is 19.4. The van der Waals surface area contributed by atoms with Gasteiger partial charge in [-0.1, -0.05) is 6.92 Å². The van der Waals surface area contributed by atoms with E-state index in [1.54, 1.807) is 0 Å². The first-order valence-electron chi connectivity index (χ1n) is 3.29. The Morgan fingerprint density at radius 3 is 1.75 bits per heavy atom. The van der Waals surface area contributed by atoms with Gasteiger partial charge in [-0.25, -0.2) is 13.2 Å². The van der Waals surface area contributed by atoms with Gasteiger partial charge in [0.25, 0.3) is 0 Å². The minimum absolute atomic E-state index is 0.475. The van der Waals surface area contributed by atoms with E-state index in [1.807, 2.05) is 0 Å². The summed E-state index contributed by atoms with van der Waals surface area (Å²) in [6.45, 7) is 1.14. The molecule has 0 spiro atoms. The molecule has 0 fully saturated rings. The van der Waals surface area contributed by atoms with Gasteiger partial charge in [-0.15, -0.1) is 0 Å². The topological polar surface area (TPSA) is 0 Å². The molecule has 0 aliphatic heterocycles. The Labute approximate surface area is 65.6 Å². The molecule has 2 unspecified atom stereocenters. The summed E-state index contributed by atoms with van der Waals surface area (Å²) in [6, 6.07) is 0. The van der Waals surface area contributed by atoms with Gasteiger partial charge in [0.15, 0.2) is 6.17 Å². The molecule has 0 heterocycles. The van der Waals surface area contributed by atoms with E-state index < -0.39 is 31.1 Å². The first-order valence-corrected chi connectivity index (χ1v) is 3.29. The van der Waals surface area contributed by atoms with Gasteiger partial charge >= 0.3 is 6.18 Å². The molecule has 0 aliphatic carbocycles. The fraction of sp³-hybridized carbons (Fsp3) is 1.00. The van der Waals surface area contributed by atoms with Crippen LogP contribution in [0.3, 0.4) is 0 Å². The van der Waals surface area contributed by atoms with E-state index in [-0.39, 0.29) is 0 Å². The monoisotopic (exact) mass is 194 g/mol. The van der Waals surface area contributed by atoms with E-state index in [1.165, 1.54) is 0 Å². The predicted molar refractivity (Wildman–Crippen MR) is 31.0 cm³/mol. The van der Waals surface area contributed by atoms with Crippen molar-refractivity contribution < 1.29 is 26.3 Å². The summed E-state index contributed by atoms with van der Waals surface area (Å²) in [6.07, 6.45) is -15.0. The van der Waals surface area contributed by atoms with E-state index in [4.69, 9.17) is 0 Å². The van der Waals surface area contributed by atoms with Gasteiger partial charge in [0.1, 0.15) is 6.17 Å². The molecule has 0 radical (unpaired) electrons. The highest BCUT2D eigenvalue weighted by molar-refractivity contribution is 4.80. The molecule has 74 valence electrons. The molecule has 0 aromatic heterocycles. The molecule has 0 amide bonds. The summed E-state index contributed by atoms with van der Waals surface area (Å²) in [5, 5.41) is 0. The molecule has 0 saturated carbocycles. The van der Waals surface area contributed by atoms with E-state index >= 15 is 0 Å². The lowest BCUT2D eigenvalue weighted by Crippen LogP contribution is -2.38. The standard InChI is InChI=1S/C6H8F6/c1-2-3(7)4(8)5(9)6(10,11)12/h3-5H,2H2,1H3/t3?,4?,5-/m0/s1. The molecule has 0 bridgehead atoms. The lowest BCUT2D eigenvalue weighted by molar-refractivity contribution is -0.202. The zero-order valence-corrected chi connectivity index (χ0v) is 6.21. The molecule has 0 nitrogen and oxygen atoms in total. The second-order valence-electron chi connectivity index (χ2n) is 2.31. The highest BCUT2D eigenvalue weighted by Gasteiger charge is 2.48. The third-order valence-corrected chi connectivity index (χ3v) is 1.33. The molecule has 0 N–H and O–H groups in total. The Bertz CT molecular complexity index is 130. The summed E-state index contributed by atoms with van der Waals surface area (Å²) < 4.78 is 70.7. The van der Waals surface area contributed by atoms with E-state index in [2.05, 4.69) is 0 Å². The summed E-state index contributed by atoms with van der Waals surface area (Å²) in [4.78, 5) is 0. The number of hydrogen-bond donors (Lipinski definition) is 0. The van der Waals surface area contributed by atoms with Crippen molar-refractivity contribution >= 4 is 0 Å². The van der Waals surface area contributed by atoms with Crippen molar-refractivity contribution in [1.82, 2.24) is 0 Å². The average molecular weight is 194 g/mol. The van der Waals surface area contributed by atoms with Gasteiger partial charge in [-0.2, -0.15) is 13.2 Å². The van der Waals surface area contributed by atoms with E-state index in [0.29, 0.717) is 0 Å². The van der Waals surface area contributed by atoms with Crippen molar-refractivity contribution in [2.45, 2.75) is 38.0 Å². The van der Waals surface area contributed by atoms with Crippen LogP contribution in [0.4, 0.5) is 26.3 Å². The van der Waals surface area contributed by atoms with Crippen LogP contribution < -0.4 is 0 Å². The van der Waals surface area contributed by atoms with Crippen LogP contribution in [-0.2, 0) is 0 Å². The maximum atomic E-state index is 12.2. The average Bonchev–Trinajstić information content (AvgIpc) is 1.98. The van der Waals surface area contributed by atoms with Crippen LogP contribution in [0.2, 0.25) is 0 Å². The summed E-state index contributed by atoms with van der Waals surface area (Å²) in [5.74, 6) is 0. The van der Waals surface area contributed by atoms with Crippen LogP contribution in [0.25, 0.3) is 0 Å². The molecule has 0 aliphatic rings. The maximum Gasteiger partial charge on any atom is 0.422 e. The van der Waals surface area contributed by atoms with Crippen molar-refractivity contribution in [3.63, 3.8) is 0 Å². The summed E-state index contributed by atoms with van der Waals surface area (Å²) in [5.41, 5.74) is 0. The number of alkyl halides is 6. The van der Waals surface area contributed by atoms with Crippen LogP contribution in [0.1, 0.15) is 13.3 Å². The van der Waals surface area contributed by atoms with Crippen LogP contribution in [0.5, 0.6) is 0 Å². The largest absolute Gasteiger partial charge is 0.422 e. The number of rotatable bonds is 3. The molecular weight excluding hydrogens is 186 g/mol. The summed E-state index contributed by atoms with van der Waals surface area (Å²) >= 11 is 0. The Balaban J connectivity index is 4.19. The second-order valence-corrected chi connectivity index (χ2v) is 2.31. The Morgan fingerprint density at radius 1 is 1.08 bits per heavy atom. The lowest BCUT2D eigenvalue weighted by Gasteiger charge is -2.18. The van der Waals surface area contributed by atoms with Gasteiger partial charge in [-0.3, -0.25) is 0 Å². The predicted octanol–water partition coefficient (Wildman–Crippen LogP) is 2.97. The first-order chi connectivity index (χ1) is 5.30. The van der Waals surface area contributed by atoms with Gasteiger partial charge in [0.2, 0.25) is 6.17 Å². The molecule has 0 rings (SSSR count). The fourth-order valence-electron chi connectivity index (χ4n) is 0.589. The first kappa shape index (κ1) is 11.6. The normalized spacial score (nSPS) is 20.2. The zero-order chi connectivity index (χ0) is 9.94. The third kappa shape index (κ3) is 2.91. The Hall–Kier alpha value is -0.420. The summed E-state index contributed by atoms with van der Waals surface area (Å²) in [7, 11) is 0. The third-order valence-electron chi connectivity index (χ3n) is 1.33. The van der Waals surface area contributed by atoms with Crippen molar-refractivity contribution in [2.75, 3.05) is 0 Å². The van der Waals surface area contributed by atoms with Crippen LogP contribution in [-0.4, -0.2) is 24.7 Å². The molecular formula is C6H8F6. The van der Waals surface area contributed by atoms with E-state index in [9.17, 15) is 26.3 Å². The molecule has 6 heteroatoms. The molecule has 3 atom stereocenters. The minimum Gasteiger partial charge on any atom is -0.244 e. The van der Waals surface area contributed by atoms with Gasteiger partial charge in [0, 0.05) is 0 Å². The Kier molecular flexibility index (Phi) is 3.86. The molecule has 12 heavy (non-hydrogen) atoms. The lowest BCUT2D eigenvalue weighted by atomic mass is 10.1.